The van der Waals surface area contributed by atoms with Gasteiger partial charge in [0.05, 0.1) is 5.54 Å². The van der Waals surface area contributed by atoms with Gasteiger partial charge in [-0.1, -0.05) is 20.8 Å². The molecule has 1 amide bonds. The molecule has 1 saturated carbocycles. The third-order valence-corrected chi connectivity index (χ3v) is 7.78. The molecule has 0 aromatic carbocycles. The van der Waals surface area contributed by atoms with E-state index < -0.39 is 0 Å². The van der Waals surface area contributed by atoms with Gasteiger partial charge in [0.15, 0.2) is 5.82 Å². The average Bonchev–Trinajstić information content (AvgIpc) is 3.13. The lowest BCUT2D eigenvalue weighted by Crippen LogP contribution is -2.54. The molecule has 0 radical (unpaired) electrons. The van der Waals surface area contributed by atoms with Crippen LogP contribution in [-0.4, -0.2) is 80.8 Å². The first-order valence-electron chi connectivity index (χ1n) is 11.9. The second kappa shape index (κ2) is 8.27. The summed E-state index contributed by atoms with van der Waals surface area (Å²) in [7, 11) is 0. The number of piperazine rings is 1. The molecule has 1 aromatic rings. The molecule has 1 aliphatic carbocycles. The van der Waals surface area contributed by atoms with Crippen LogP contribution in [0.25, 0.3) is 0 Å². The van der Waals surface area contributed by atoms with Crippen molar-refractivity contribution in [3.05, 3.63) is 5.82 Å². The maximum atomic E-state index is 12.6. The van der Waals surface area contributed by atoms with Gasteiger partial charge < -0.3 is 10.2 Å². The largest absolute Gasteiger partial charge is 0.359 e. The summed E-state index contributed by atoms with van der Waals surface area (Å²) in [6.07, 6.45) is 4.77. The number of anilines is 1. The van der Waals surface area contributed by atoms with Crippen molar-refractivity contribution in [1.29, 1.82) is 0 Å². The number of hydrogen-bond donors (Lipinski definition) is 1. The van der Waals surface area contributed by atoms with E-state index in [9.17, 15) is 4.79 Å². The Morgan fingerprint density at radius 2 is 1.77 bits per heavy atom. The monoisotopic (exact) mass is 448 g/mol. The molecule has 1 unspecified atom stereocenters. The third-order valence-electron chi connectivity index (χ3n) is 7.11. The molecule has 2 aliphatic heterocycles. The fraction of sp³-hybridized carbons (Fsp3) is 0.870. The number of carbonyl (C=O) groups is 1. The minimum atomic E-state index is -0.307. The van der Waals surface area contributed by atoms with Crippen molar-refractivity contribution in [3.8, 4) is 0 Å². The van der Waals surface area contributed by atoms with Crippen molar-refractivity contribution in [2.45, 2.75) is 84.3 Å². The summed E-state index contributed by atoms with van der Waals surface area (Å²) >= 11 is 1.50. The molecule has 7 nitrogen and oxygen atoms in total. The van der Waals surface area contributed by atoms with E-state index in [-0.39, 0.29) is 22.4 Å². The summed E-state index contributed by atoms with van der Waals surface area (Å²) in [5.74, 6) is 1.24. The van der Waals surface area contributed by atoms with Crippen molar-refractivity contribution in [2.24, 2.45) is 5.41 Å². The first kappa shape index (κ1) is 22.9. The van der Waals surface area contributed by atoms with Crippen molar-refractivity contribution < 1.29 is 4.79 Å². The number of rotatable bonds is 5. The summed E-state index contributed by atoms with van der Waals surface area (Å²) in [6.45, 7) is 18.5. The van der Waals surface area contributed by atoms with Crippen LogP contribution >= 0.6 is 11.5 Å². The lowest BCUT2D eigenvalue weighted by atomic mass is 9.94. The predicted octanol–water partition coefficient (Wildman–Crippen LogP) is 3.39. The summed E-state index contributed by atoms with van der Waals surface area (Å²) in [4.78, 5) is 24.7. The Morgan fingerprint density at radius 3 is 2.35 bits per heavy atom. The zero-order chi connectivity index (χ0) is 22.4. The summed E-state index contributed by atoms with van der Waals surface area (Å²) < 4.78 is 4.76. The van der Waals surface area contributed by atoms with Crippen LogP contribution in [0.4, 0.5) is 5.13 Å². The predicted molar refractivity (Wildman–Crippen MR) is 126 cm³/mol. The topological polar surface area (TPSA) is 64.6 Å². The maximum absolute atomic E-state index is 12.6. The Bertz CT molecular complexity index is 783. The number of carbonyl (C=O) groups excluding carboxylic acids is 1. The quantitative estimate of drug-likeness (QED) is 0.745. The Morgan fingerprint density at radius 1 is 1.10 bits per heavy atom. The lowest BCUT2D eigenvalue weighted by molar-refractivity contribution is -0.141. The van der Waals surface area contributed by atoms with Gasteiger partial charge in [0.1, 0.15) is 0 Å². The minimum Gasteiger partial charge on any atom is -0.359 e. The molecular formula is C23H40N6OS. The number of aromatic nitrogens is 2. The van der Waals surface area contributed by atoms with Crippen LogP contribution < -0.4 is 5.32 Å². The van der Waals surface area contributed by atoms with Crippen LogP contribution in [0.15, 0.2) is 0 Å². The molecule has 31 heavy (non-hydrogen) atoms. The van der Waals surface area contributed by atoms with Gasteiger partial charge >= 0.3 is 0 Å². The van der Waals surface area contributed by atoms with Gasteiger partial charge in [-0.05, 0) is 53.0 Å². The zero-order valence-electron chi connectivity index (χ0n) is 20.2. The Labute approximate surface area is 191 Å². The van der Waals surface area contributed by atoms with Gasteiger partial charge in [-0.25, -0.2) is 4.98 Å². The number of nitrogens with zero attached hydrogens (tertiary/aromatic N) is 5. The normalized spacial score (nSPS) is 25.1. The van der Waals surface area contributed by atoms with Gasteiger partial charge in [-0.3, -0.25) is 14.6 Å². The molecule has 4 rings (SSSR count). The SMILES string of the molecule is CC(C)(C)C(=O)N1CCN(C2(c3nsc(NCC4CCCN4C(C)(C)C)n3)CC2)CC1. The minimum absolute atomic E-state index is 0.00188. The molecule has 1 N–H and O–H groups in total. The third kappa shape index (κ3) is 4.76. The van der Waals surface area contributed by atoms with E-state index in [0.29, 0.717) is 6.04 Å². The van der Waals surface area contributed by atoms with Crippen molar-refractivity contribution in [1.82, 2.24) is 24.1 Å². The summed E-state index contributed by atoms with van der Waals surface area (Å²) in [5, 5.41) is 4.53. The van der Waals surface area contributed by atoms with Gasteiger partial charge in [-0.15, -0.1) is 0 Å². The Balaban J connectivity index is 1.33. The second-order valence-corrected chi connectivity index (χ2v) is 12.3. The molecule has 8 heteroatoms. The van der Waals surface area contributed by atoms with Gasteiger partial charge in [0, 0.05) is 61.3 Å². The molecule has 0 spiro atoms. The molecule has 174 valence electrons. The maximum Gasteiger partial charge on any atom is 0.228 e. The summed E-state index contributed by atoms with van der Waals surface area (Å²) in [5.41, 5.74) is -0.0970. The van der Waals surface area contributed by atoms with E-state index >= 15 is 0 Å². The molecule has 3 heterocycles. The van der Waals surface area contributed by atoms with Crippen molar-refractivity contribution in [3.63, 3.8) is 0 Å². The smallest absolute Gasteiger partial charge is 0.228 e. The van der Waals surface area contributed by atoms with E-state index in [1.807, 2.05) is 25.7 Å². The molecule has 0 bridgehead atoms. The van der Waals surface area contributed by atoms with Crippen LogP contribution in [0, 0.1) is 5.41 Å². The lowest BCUT2D eigenvalue weighted by Gasteiger charge is -2.40. The second-order valence-electron chi connectivity index (χ2n) is 11.5. The zero-order valence-corrected chi connectivity index (χ0v) is 21.0. The van der Waals surface area contributed by atoms with Gasteiger partial charge in [0.2, 0.25) is 11.0 Å². The first-order valence-corrected chi connectivity index (χ1v) is 12.7. The standard InChI is InChI=1S/C23H40N6OS/c1-21(2,3)19(30)27-12-14-28(15-13-27)23(9-10-23)18-25-20(31-26-18)24-16-17-8-7-11-29(17)22(4,5)6/h17H,7-16H2,1-6H3,(H,24,25,26). The highest BCUT2D eigenvalue weighted by atomic mass is 32.1. The van der Waals surface area contributed by atoms with Gasteiger partial charge in [0.25, 0.3) is 0 Å². The van der Waals surface area contributed by atoms with Gasteiger partial charge in [-0.2, -0.15) is 4.37 Å². The summed E-state index contributed by atoms with van der Waals surface area (Å²) in [6, 6.07) is 0.565. The first-order chi connectivity index (χ1) is 14.5. The number of likely N-dealkylation sites (tertiary alicyclic amines) is 1. The van der Waals surface area contributed by atoms with Crippen LogP contribution in [0.3, 0.4) is 0 Å². The molecule has 1 atom stereocenters. The number of hydrogen-bond acceptors (Lipinski definition) is 7. The molecular weight excluding hydrogens is 408 g/mol. The van der Waals surface area contributed by atoms with Crippen molar-refractivity contribution in [2.75, 3.05) is 44.6 Å². The van der Waals surface area contributed by atoms with Crippen LogP contribution in [0.2, 0.25) is 0 Å². The Hall–Kier alpha value is -1.25. The van der Waals surface area contributed by atoms with E-state index in [4.69, 9.17) is 9.36 Å². The van der Waals surface area contributed by atoms with Crippen LogP contribution in [-0.2, 0) is 10.3 Å². The van der Waals surface area contributed by atoms with Crippen LogP contribution in [0.5, 0.6) is 0 Å². The van der Waals surface area contributed by atoms with Crippen molar-refractivity contribution >= 4 is 22.6 Å². The average molecular weight is 449 g/mol. The Kier molecular flexibility index (Phi) is 6.11. The highest BCUT2D eigenvalue weighted by Crippen LogP contribution is 2.50. The van der Waals surface area contributed by atoms with Crippen LogP contribution in [0.1, 0.15) is 73.1 Å². The number of nitrogens with one attached hydrogen (secondary N) is 1. The fourth-order valence-electron chi connectivity index (χ4n) is 5.23. The van der Waals surface area contributed by atoms with E-state index in [1.165, 1.54) is 30.9 Å². The molecule has 2 saturated heterocycles. The van der Waals surface area contributed by atoms with E-state index in [2.05, 4.69) is 35.9 Å². The molecule has 3 fully saturated rings. The number of amides is 1. The van der Waals surface area contributed by atoms with E-state index in [0.717, 1.165) is 56.5 Å². The van der Waals surface area contributed by atoms with E-state index in [1.54, 1.807) is 0 Å². The fourth-order valence-corrected chi connectivity index (χ4v) is 5.89. The molecule has 1 aromatic heterocycles. The molecule has 3 aliphatic rings. The highest BCUT2D eigenvalue weighted by Gasteiger charge is 2.53. The highest BCUT2D eigenvalue weighted by molar-refractivity contribution is 7.09.